The summed E-state index contributed by atoms with van der Waals surface area (Å²) in [6.07, 6.45) is 11.0. The molecule has 0 nitrogen and oxygen atoms in total. The molecule has 0 unspecified atom stereocenters. The SMILES string of the molecule is CCCCC[Si@H]1CC[C@H](c2ccc(/C=C/C#Cc3ccc(F)cc3)cc2)CC1. The summed E-state index contributed by atoms with van der Waals surface area (Å²) in [5, 5.41) is 0. The molecule has 146 valence electrons. The molecule has 0 spiro atoms. The Kier molecular flexibility index (Phi) is 8.12. The Bertz CT molecular complexity index is 800. The minimum Gasteiger partial charge on any atom is -0.207 e. The molecule has 1 fully saturated rings. The smallest absolute Gasteiger partial charge is 0.123 e. The van der Waals surface area contributed by atoms with E-state index in [4.69, 9.17) is 0 Å². The van der Waals surface area contributed by atoms with Gasteiger partial charge in [0.05, 0.1) is 0 Å². The van der Waals surface area contributed by atoms with E-state index in [1.807, 2.05) is 12.2 Å². The van der Waals surface area contributed by atoms with Crippen LogP contribution in [0.3, 0.4) is 0 Å². The Morgan fingerprint density at radius 3 is 2.39 bits per heavy atom. The fraction of sp³-hybridized carbons (Fsp3) is 0.385. The van der Waals surface area contributed by atoms with Crippen molar-refractivity contribution in [2.24, 2.45) is 0 Å². The molecule has 0 saturated carbocycles. The molecule has 2 heteroatoms. The summed E-state index contributed by atoms with van der Waals surface area (Å²) in [4.78, 5) is 0. The molecule has 2 aromatic carbocycles. The van der Waals surface area contributed by atoms with Crippen LogP contribution in [-0.2, 0) is 0 Å². The number of hydrogen-bond acceptors (Lipinski definition) is 0. The molecular weight excluding hydrogens is 359 g/mol. The van der Waals surface area contributed by atoms with E-state index in [9.17, 15) is 4.39 Å². The maximum absolute atomic E-state index is 12.9. The van der Waals surface area contributed by atoms with Crippen LogP contribution in [0, 0.1) is 17.7 Å². The molecule has 0 atom stereocenters. The van der Waals surface area contributed by atoms with Crippen LogP contribution in [-0.4, -0.2) is 8.80 Å². The van der Waals surface area contributed by atoms with Gasteiger partial charge in [0.25, 0.3) is 0 Å². The summed E-state index contributed by atoms with van der Waals surface area (Å²) in [7, 11) is -0.425. The predicted molar refractivity (Wildman–Crippen MR) is 122 cm³/mol. The lowest BCUT2D eigenvalue weighted by Gasteiger charge is -2.28. The average Bonchev–Trinajstić information content (AvgIpc) is 2.74. The highest BCUT2D eigenvalue weighted by atomic mass is 28.3. The van der Waals surface area contributed by atoms with Crippen molar-refractivity contribution in [3.63, 3.8) is 0 Å². The first-order valence-corrected chi connectivity index (χ1v) is 13.2. The normalized spacial score (nSPS) is 19.4. The quantitative estimate of drug-likeness (QED) is 0.278. The third kappa shape index (κ3) is 6.50. The topological polar surface area (TPSA) is 0 Å². The zero-order valence-electron chi connectivity index (χ0n) is 17.0. The van der Waals surface area contributed by atoms with Crippen molar-refractivity contribution in [1.82, 2.24) is 0 Å². The van der Waals surface area contributed by atoms with Gasteiger partial charge >= 0.3 is 0 Å². The van der Waals surface area contributed by atoms with E-state index in [1.165, 1.54) is 67.5 Å². The maximum atomic E-state index is 12.9. The lowest BCUT2D eigenvalue weighted by Crippen LogP contribution is -2.20. The van der Waals surface area contributed by atoms with Gasteiger partial charge in [0.2, 0.25) is 0 Å². The first kappa shape index (κ1) is 20.6. The molecule has 3 rings (SSSR count). The lowest BCUT2D eigenvalue weighted by molar-refractivity contribution is 0.603. The molecule has 1 aliphatic heterocycles. The molecule has 0 bridgehead atoms. The number of benzene rings is 2. The van der Waals surface area contributed by atoms with Gasteiger partial charge in [-0.25, -0.2) is 4.39 Å². The highest BCUT2D eigenvalue weighted by Crippen LogP contribution is 2.35. The summed E-state index contributed by atoms with van der Waals surface area (Å²) in [5.41, 5.74) is 3.52. The van der Waals surface area contributed by atoms with Crippen LogP contribution >= 0.6 is 0 Å². The lowest BCUT2D eigenvalue weighted by atomic mass is 9.93. The largest absolute Gasteiger partial charge is 0.207 e. The molecule has 2 aromatic rings. The summed E-state index contributed by atoms with van der Waals surface area (Å²) < 4.78 is 12.9. The standard InChI is InChI=1S/C26H31FSi/c1-2-3-6-19-28-20-17-25(18-21-28)24-13-9-22(10-14-24)7-4-5-8-23-11-15-26(27)16-12-23/h4,7,9-16,25,28H,2-3,6,17-21H2,1H3/b7-4+/t25-,28-. The Labute approximate surface area is 171 Å². The number of unbranched alkanes of at least 4 members (excludes halogenated alkanes) is 2. The Morgan fingerprint density at radius 2 is 1.71 bits per heavy atom. The van der Waals surface area contributed by atoms with Gasteiger partial charge < -0.3 is 0 Å². The first-order chi connectivity index (χ1) is 13.7. The molecule has 28 heavy (non-hydrogen) atoms. The molecule has 0 aromatic heterocycles. The fourth-order valence-electron chi connectivity index (χ4n) is 4.14. The van der Waals surface area contributed by atoms with E-state index in [2.05, 4.69) is 43.0 Å². The Morgan fingerprint density at radius 1 is 1.00 bits per heavy atom. The van der Waals surface area contributed by atoms with Crippen molar-refractivity contribution in [3.8, 4) is 11.8 Å². The number of halogens is 1. The van der Waals surface area contributed by atoms with Gasteiger partial charge in [0, 0.05) is 14.4 Å². The summed E-state index contributed by atoms with van der Waals surface area (Å²) in [6, 6.07) is 19.9. The van der Waals surface area contributed by atoms with Crippen LogP contribution in [0.15, 0.2) is 54.6 Å². The first-order valence-electron chi connectivity index (χ1n) is 10.8. The van der Waals surface area contributed by atoms with Gasteiger partial charge in [-0.05, 0) is 66.3 Å². The third-order valence-corrected chi connectivity index (χ3v) is 9.41. The van der Waals surface area contributed by atoms with Crippen LogP contribution in [0.5, 0.6) is 0 Å². The fourth-order valence-corrected chi connectivity index (χ4v) is 7.62. The molecule has 1 saturated heterocycles. The average molecular weight is 391 g/mol. The van der Waals surface area contributed by atoms with Crippen LogP contribution in [0.2, 0.25) is 18.1 Å². The van der Waals surface area contributed by atoms with E-state index in [0.717, 1.165) is 11.5 Å². The maximum Gasteiger partial charge on any atom is 0.123 e. The molecule has 1 heterocycles. The Balaban J connectivity index is 1.48. The van der Waals surface area contributed by atoms with Crippen molar-refractivity contribution in [3.05, 3.63) is 77.1 Å². The number of hydrogen-bond donors (Lipinski definition) is 0. The predicted octanol–water partition coefficient (Wildman–Crippen LogP) is 7.19. The highest BCUT2D eigenvalue weighted by molar-refractivity contribution is 6.59. The van der Waals surface area contributed by atoms with Crippen LogP contribution < -0.4 is 0 Å². The Hall–Kier alpha value is -2.11. The summed E-state index contributed by atoms with van der Waals surface area (Å²) in [6.45, 7) is 2.30. The van der Waals surface area contributed by atoms with E-state index < -0.39 is 8.80 Å². The third-order valence-electron chi connectivity index (χ3n) is 5.89. The zero-order valence-corrected chi connectivity index (χ0v) is 18.1. The molecule has 0 aliphatic carbocycles. The second-order valence-electron chi connectivity index (χ2n) is 7.99. The molecule has 0 N–H and O–H groups in total. The van der Waals surface area contributed by atoms with Gasteiger partial charge in [-0.15, -0.1) is 0 Å². The molecule has 0 amide bonds. The van der Waals surface area contributed by atoms with E-state index >= 15 is 0 Å². The van der Waals surface area contributed by atoms with Crippen molar-refractivity contribution in [1.29, 1.82) is 0 Å². The van der Waals surface area contributed by atoms with Crippen molar-refractivity contribution in [2.75, 3.05) is 0 Å². The van der Waals surface area contributed by atoms with Crippen LogP contribution in [0.1, 0.15) is 61.6 Å². The van der Waals surface area contributed by atoms with Crippen molar-refractivity contribution < 1.29 is 4.39 Å². The van der Waals surface area contributed by atoms with Crippen molar-refractivity contribution >= 4 is 14.9 Å². The number of allylic oxidation sites excluding steroid dienone is 1. The second-order valence-corrected chi connectivity index (χ2v) is 11.5. The monoisotopic (exact) mass is 390 g/mol. The number of rotatable bonds is 6. The summed E-state index contributed by atoms with van der Waals surface area (Å²) in [5.74, 6) is 6.59. The minimum atomic E-state index is -0.425. The van der Waals surface area contributed by atoms with Crippen molar-refractivity contribution in [2.45, 2.75) is 63.1 Å². The van der Waals surface area contributed by atoms with Crippen LogP contribution in [0.4, 0.5) is 4.39 Å². The molecular formula is C26H31FSi. The van der Waals surface area contributed by atoms with E-state index in [1.54, 1.807) is 18.2 Å². The molecule has 0 radical (unpaired) electrons. The zero-order chi connectivity index (χ0) is 19.6. The van der Waals surface area contributed by atoms with Gasteiger partial charge in [-0.3, -0.25) is 0 Å². The van der Waals surface area contributed by atoms with Crippen LogP contribution in [0.25, 0.3) is 6.08 Å². The van der Waals surface area contributed by atoms with Gasteiger partial charge in [-0.1, -0.05) is 80.4 Å². The van der Waals surface area contributed by atoms with Gasteiger partial charge in [-0.2, -0.15) is 0 Å². The van der Waals surface area contributed by atoms with E-state index in [0.29, 0.717) is 0 Å². The minimum absolute atomic E-state index is 0.228. The second kappa shape index (κ2) is 11.0. The van der Waals surface area contributed by atoms with Gasteiger partial charge in [0.1, 0.15) is 5.82 Å². The van der Waals surface area contributed by atoms with Gasteiger partial charge in [0.15, 0.2) is 0 Å². The summed E-state index contributed by atoms with van der Waals surface area (Å²) >= 11 is 0. The van der Waals surface area contributed by atoms with E-state index in [-0.39, 0.29) is 5.82 Å². The molecule has 1 aliphatic rings. The highest BCUT2D eigenvalue weighted by Gasteiger charge is 2.22.